The molecule has 0 radical (unpaired) electrons. The second-order valence-corrected chi connectivity index (χ2v) is 18.7. The highest BCUT2D eigenvalue weighted by atomic mass is 32.2. The smallest absolute Gasteiger partial charge is 0.206 e. The highest BCUT2D eigenvalue weighted by Crippen LogP contribution is 2.40. The van der Waals surface area contributed by atoms with Gasteiger partial charge in [0.15, 0.2) is 25.5 Å². The Bertz CT molecular complexity index is 2940. The topological polar surface area (TPSA) is 68.3 Å². The Morgan fingerprint density at radius 3 is 1.72 bits per heavy atom. The molecule has 6 aromatic carbocycles. The van der Waals surface area contributed by atoms with Crippen molar-refractivity contribution in [3.63, 3.8) is 0 Å². The summed E-state index contributed by atoms with van der Waals surface area (Å²) >= 11 is 3.09. The molecule has 8 rings (SSSR count). The summed E-state index contributed by atoms with van der Waals surface area (Å²) in [6, 6.07) is 36.4. The van der Waals surface area contributed by atoms with Crippen molar-refractivity contribution in [2.75, 3.05) is 0 Å². The van der Waals surface area contributed by atoms with Crippen LogP contribution >= 0.6 is 22.7 Å². The summed E-state index contributed by atoms with van der Waals surface area (Å²) in [6.45, 7) is 7.96. The molecule has 0 N–H and O–H groups in total. The molecule has 2 aromatic heterocycles. The van der Waals surface area contributed by atoms with Crippen LogP contribution < -0.4 is 10.9 Å². The standard InChI is InChI=1S/C42H31O4S4/c1-24-13-14-25(2)38(19-24)49(28-15-17-36-32(22-28)41(43)30-9-5-7-11-34(30)47-36)39-20-27(4)40(21-26(39)3)50(45,46)29-16-18-37-33(23-29)42(44)31-10-6-8-12-35(31)48-37/h5-23H,1-4H3/q+1. The Morgan fingerprint density at radius 1 is 0.500 bits per heavy atom. The molecule has 1 atom stereocenters. The number of fused-ring (bicyclic) bond motifs is 4. The quantitative estimate of drug-likeness (QED) is 0.131. The molecule has 0 saturated heterocycles. The number of sulfone groups is 1. The maximum absolute atomic E-state index is 14.3. The minimum absolute atomic E-state index is 0.0143. The van der Waals surface area contributed by atoms with E-state index < -0.39 is 20.7 Å². The molecular weight excluding hydrogens is 697 g/mol. The van der Waals surface area contributed by atoms with Crippen LogP contribution in [0.15, 0.2) is 149 Å². The number of hydrogen-bond donors (Lipinski definition) is 0. The van der Waals surface area contributed by atoms with Crippen LogP contribution in [-0.2, 0) is 20.7 Å². The third-order valence-corrected chi connectivity index (χ3v) is 15.9. The minimum atomic E-state index is -3.97. The molecular formula is C42H31O4S4+. The van der Waals surface area contributed by atoms with Crippen LogP contribution in [0, 0.1) is 27.7 Å². The summed E-state index contributed by atoms with van der Waals surface area (Å²) in [5.74, 6) is 0. The summed E-state index contributed by atoms with van der Waals surface area (Å²) < 4.78 is 32.1. The average molecular weight is 728 g/mol. The van der Waals surface area contributed by atoms with E-state index in [9.17, 15) is 18.0 Å². The molecule has 8 heteroatoms. The van der Waals surface area contributed by atoms with Crippen LogP contribution in [0.25, 0.3) is 40.3 Å². The van der Waals surface area contributed by atoms with Crippen molar-refractivity contribution in [2.24, 2.45) is 0 Å². The SMILES string of the molecule is Cc1ccc(C)c([S+](c2ccc3sc4ccccc4c(=O)c3c2)c2cc(C)c(S(=O)(=O)c3ccc4sc5ccccc5c(=O)c4c3)cc2C)c1. The first kappa shape index (κ1) is 32.6. The van der Waals surface area contributed by atoms with Crippen LogP contribution in [0.2, 0.25) is 0 Å². The van der Waals surface area contributed by atoms with Gasteiger partial charge in [0.2, 0.25) is 9.84 Å². The lowest BCUT2D eigenvalue weighted by molar-refractivity contribution is 0.595. The molecule has 0 aliphatic carbocycles. The molecule has 0 fully saturated rings. The maximum Gasteiger partial charge on any atom is 0.206 e. The van der Waals surface area contributed by atoms with Crippen molar-refractivity contribution in [3.8, 4) is 0 Å². The Morgan fingerprint density at radius 2 is 1.06 bits per heavy atom. The van der Waals surface area contributed by atoms with Gasteiger partial charge in [0, 0.05) is 57.5 Å². The van der Waals surface area contributed by atoms with Crippen LogP contribution in [0.4, 0.5) is 0 Å². The van der Waals surface area contributed by atoms with Crippen LogP contribution in [0.5, 0.6) is 0 Å². The van der Waals surface area contributed by atoms with Crippen molar-refractivity contribution in [1.82, 2.24) is 0 Å². The van der Waals surface area contributed by atoms with Crippen molar-refractivity contribution in [3.05, 3.63) is 158 Å². The van der Waals surface area contributed by atoms with Crippen LogP contribution in [-0.4, -0.2) is 8.42 Å². The van der Waals surface area contributed by atoms with Gasteiger partial charge in [0.05, 0.1) is 20.7 Å². The van der Waals surface area contributed by atoms with Gasteiger partial charge in [-0.05, 0) is 112 Å². The van der Waals surface area contributed by atoms with Crippen molar-refractivity contribution < 1.29 is 8.42 Å². The number of rotatable bonds is 5. The predicted molar refractivity (Wildman–Crippen MR) is 211 cm³/mol. The zero-order valence-electron chi connectivity index (χ0n) is 27.7. The van der Waals surface area contributed by atoms with Gasteiger partial charge in [-0.15, -0.1) is 22.7 Å². The number of aryl methyl sites for hydroxylation is 4. The number of hydrogen-bond acceptors (Lipinski definition) is 6. The van der Waals surface area contributed by atoms with E-state index >= 15 is 0 Å². The van der Waals surface area contributed by atoms with E-state index in [1.165, 1.54) is 17.4 Å². The average Bonchev–Trinajstić information content (AvgIpc) is 3.11. The molecule has 50 heavy (non-hydrogen) atoms. The van der Waals surface area contributed by atoms with Gasteiger partial charge in [-0.25, -0.2) is 8.42 Å². The van der Waals surface area contributed by atoms with Crippen molar-refractivity contribution in [1.29, 1.82) is 0 Å². The molecule has 246 valence electrons. The van der Waals surface area contributed by atoms with Gasteiger partial charge < -0.3 is 0 Å². The summed E-state index contributed by atoms with van der Waals surface area (Å²) in [6.07, 6.45) is 0. The van der Waals surface area contributed by atoms with Gasteiger partial charge in [-0.2, -0.15) is 0 Å². The maximum atomic E-state index is 14.3. The first-order chi connectivity index (χ1) is 24.0. The molecule has 1 unspecified atom stereocenters. The van der Waals surface area contributed by atoms with E-state index in [-0.39, 0.29) is 20.6 Å². The zero-order valence-corrected chi connectivity index (χ0v) is 31.0. The van der Waals surface area contributed by atoms with E-state index in [4.69, 9.17) is 0 Å². The normalized spacial score (nSPS) is 12.6. The van der Waals surface area contributed by atoms with Gasteiger partial charge in [-0.1, -0.05) is 36.4 Å². The van der Waals surface area contributed by atoms with Gasteiger partial charge in [0.1, 0.15) is 0 Å². The Labute approximate surface area is 300 Å². The third kappa shape index (κ3) is 5.38. The Balaban J connectivity index is 1.30. The first-order valence-electron chi connectivity index (χ1n) is 16.1. The van der Waals surface area contributed by atoms with Gasteiger partial charge in [0.25, 0.3) is 0 Å². The molecule has 0 aliphatic heterocycles. The second kappa shape index (κ2) is 12.3. The Kier molecular flexibility index (Phi) is 8.03. The molecule has 8 aromatic rings. The van der Waals surface area contributed by atoms with Gasteiger partial charge in [-0.3, -0.25) is 9.59 Å². The Hall–Kier alpha value is -4.60. The van der Waals surface area contributed by atoms with Crippen LogP contribution in [0.1, 0.15) is 22.3 Å². The van der Waals surface area contributed by atoms with E-state index in [0.29, 0.717) is 27.1 Å². The van der Waals surface area contributed by atoms with Crippen molar-refractivity contribution in [2.45, 2.75) is 52.2 Å². The molecule has 2 heterocycles. The van der Waals surface area contributed by atoms with Crippen LogP contribution in [0.3, 0.4) is 0 Å². The highest BCUT2D eigenvalue weighted by molar-refractivity contribution is 7.97. The minimum Gasteiger partial charge on any atom is -0.289 e. The van der Waals surface area contributed by atoms with Crippen molar-refractivity contribution >= 4 is 83.8 Å². The second-order valence-electron chi connectivity index (χ2n) is 12.6. The molecule has 0 aliphatic rings. The summed E-state index contributed by atoms with van der Waals surface area (Å²) in [5, 5.41) is 2.38. The molecule has 0 saturated carbocycles. The molecule has 0 bridgehead atoms. The van der Waals surface area contributed by atoms with E-state index in [1.54, 1.807) is 35.6 Å². The predicted octanol–water partition coefficient (Wildman–Crippen LogP) is 10.3. The highest BCUT2D eigenvalue weighted by Gasteiger charge is 2.35. The van der Waals surface area contributed by atoms with E-state index in [1.807, 2.05) is 74.5 Å². The fourth-order valence-electron chi connectivity index (χ4n) is 6.56. The lowest BCUT2D eigenvalue weighted by Crippen LogP contribution is -2.12. The lowest BCUT2D eigenvalue weighted by atomic mass is 10.2. The molecule has 4 nitrogen and oxygen atoms in total. The summed E-state index contributed by atoms with van der Waals surface area (Å²) in [7, 11) is -4.61. The lowest BCUT2D eigenvalue weighted by Gasteiger charge is -2.16. The largest absolute Gasteiger partial charge is 0.289 e. The summed E-state index contributed by atoms with van der Waals surface area (Å²) in [5.41, 5.74) is 3.54. The van der Waals surface area contributed by atoms with E-state index in [0.717, 1.165) is 50.2 Å². The monoisotopic (exact) mass is 727 g/mol. The fourth-order valence-corrected chi connectivity index (χ4v) is 12.8. The number of benzene rings is 6. The van der Waals surface area contributed by atoms with E-state index in [2.05, 4.69) is 38.1 Å². The summed E-state index contributed by atoms with van der Waals surface area (Å²) in [4.78, 5) is 30.6. The zero-order chi connectivity index (χ0) is 34.9. The molecule has 0 amide bonds. The fraction of sp³-hybridized carbons (Fsp3) is 0.0952. The first-order valence-corrected chi connectivity index (χ1v) is 20.4. The molecule has 0 spiro atoms. The van der Waals surface area contributed by atoms with Gasteiger partial charge >= 0.3 is 0 Å². The third-order valence-electron chi connectivity index (χ3n) is 9.19.